The SMILES string of the molecule is CCC(O)COc1c(CNC(C)(C)C)cc(Cl)cc1OC. The van der Waals surface area contributed by atoms with Crippen LogP contribution in [0.4, 0.5) is 0 Å². The third-order valence-corrected chi connectivity index (χ3v) is 3.24. The molecule has 0 aromatic heterocycles. The molecule has 0 aliphatic heterocycles. The van der Waals surface area contributed by atoms with Gasteiger partial charge in [-0.15, -0.1) is 0 Å². The normalized spacial score (nSPS) is 13.1. The second kappa shape index (κ2) is 7.87. The molecule has 21 heavy (non-hydrogen) atoms. The fourth-order valence-electron chi connectivity index (χ4n) is 1.73. The zero-order valence-corrected chi connectivity index (χ0v) is 14.3. The molecule has 0 spiro atoms. The minimum absolute atomic E-state index is 0.0181. The molecular formula is C16H26ClNO3. The number of aliphatic hydroxyl groups is 1. The number of methoxy groups -OCH3 is 1. The van der Waals surface area contributed by atoms with E-state index in [-0.39, 0.29) is 12.1 Å². The number of nitrogens with one attached hydrogen (secondary N) is 1. The highest BCUT2D eigenvalue weighted by molar-refractivity contribution is 6.30. The van der Waals surface area contributed by atoms with Crippen LogP contribution in [0.25, 0.3) is 0 Å². The molecule has 1 atom stereocenters. The van der Waals surface area contributed by atoms with Crippen molar-refractivity contribution in [3.8, 4) is 11.5 Å². The Kier molecular flexibility index (Phi) is 6.78. The third kappa shape index (κ3) is 6.12. The van der Waals surface area contributed by atoms with E-state index in [1.54, 1.807) is 13.2 Å². The van der Waals surface area contributed by atoms with E-state index in [0.717, 1.165) is 5.56 Å². The van der Waals surface area contributed by atoms with Crippen LogP contribution in [0.5, 0.6) is 11.5 Å². The van der Waals surface area contributed by atoms with Gasteiger partial charge in [0.1, 0.15) is 6.61 Å². The number of benzene rings is 1. The number of halogens is 1. The van der Waals surface area contributed by atoms with Crippen LogP contribution >= 0.6 is 11.6 Å². The van der Waals surface area contributed by atoms with E-state index < -0.39 is 6.10 Å². The molecule has 0 saturated carbocycles. The summed E-state index contributed by atoms with van der Waals surface area (Å²) in [5, 5.41) is 13.7. The predicted octanol–water partition coefficient (Wildman–Crippen LogP) is 3.39. The van der Waals surface area contributed by atoms with E-state index in [0.29, 0.717) is 29.5 Å². The Morgan fingerprint density at radius 2 is 2.00 bits per heavy atom. The van der Waals surface area contributed by atoms with Gasteiger partial charge in [-0.25, -0.2) is 0 Å². The fraction of sp³-hybridized carbons (Fsp3) is 0.625. The molecule has 4 nitrogen and oxygen atoms in total. The zero-order valence-electron chi connectivity index (χ0n) is 13.5. The smallest absolute Gasteiger partial charge is 0.165 e. The van der Waals surface area contributed by atoms with Crippen molar-refractivity contribution < 1.29 is 14.6 Å². The molecule has 1 rings (SSSR count). The number of ether oxygens (including phenoxy) is 2. The van der Waals surface area contributed by atoms with Gasteiger partial charge in [0.2, 0.25) is 0 Å². The van der Waals surface area contributed by atoms with E-state index in [1.807, 2.05) is 13.0 Å². The van der Waals surface area contributed by atoms with Crippen molar-refractivity contribution in [2.45, 2.75) is 52.3 Å². The van der Waals surface area contributed by atoms with Gasteiger partial charge in [0.25, 0.3) is 0 Å². The quantitative estimate of drug-likeness (QED) is 0.810. The lowest BCUT2D eigenvalue weighted by Gasteiger charge is -2.23. The minimum atomic E-state index is -0.492. The van der Waals surface area contributed by atoms with Crippen LogP contribution in [-0.4, -0.2) is 30.5 Å². The molecule has 2 N–H and O–H groups in total. The van der Waals surface area contributed by atoms with Crippen LogP contribution in [0.15, 0.2) is 12.1 Å². The average molecular weight is 316 g/mol. The first-order chi connectivity index (χ1) is 9.76. The van der Waals surface area contributed by atoms with Gasteiger partial charge in [-0.2, -0.15) is 0 Å². The minimum Gasteiger partial charge on any atom is -0.493 e. The van der Waals surface area contributed by atoms with E-state index >= 15 is 0 Å². The summed E-state index contributed by atoms with van der Waals surface area (Å²) in [4.78, 5) is 0. The Morgan fingerprint density at radius 3 is 2.52 bits per heavy atom. The van der Waals surface area contributed by atoms with Gasteiger partial charge in [-0.3, -0.25) is 0 Å². The summed E-state index contributed by atoms with van der Waals surface area (Å²) < 4.78 is 11.1. The molecule has 1 aromatic carbocycles. The lowest BCUT2D eigenvalue weighted by atomic mass is 10.1. The molecule has 0 radical (unpaired) electrons. The number of hydrogen-bond acceptors (Lipinski definition) is 4. The van der Waals surface area contributed by atoms with Crippen LogP contribution in [-0.2, 0) is 6.54 Å². The number of rotatable bonds is 7. The summed E-state index contributed by atoms with van der Waals surface area (Å²) in [7, 11) is 1.58. The standard InChI is InChI=1S/C16H26ClNO3/c1-6-13(19)10-21-15-11(9-18-16(2,3)4)7-12(17)8-14(15)20-5/h7-8,13,18-19H,6,9-10H2,1-5H3. The van der Waals surface area contributed by atoms with Gasteiger partial charge in [0, 0.05) is 28.7 Å². The van der Waals surface area contributed by atoms with Crippen LogP contribution in [0.1, 0.15) is 39.7 Å². The summed E-state index contributed by atoms with van der Waals surface area (Å²) in [5.41, 5.74) is 0.896. The van der Waals surface area contributed by atoms with Gasteiger partial charge >= 0.3 is 0 Å². The van der Waals surface area contributed by atoms with E-state index in [4.69, 9.17) is 21.1 Å². The summed E-state index contributed by atoms with van der Waals surface area (Å²) >= 11 is 6.13. The molecule has 0 aliphatic rings. The second-order valence-corrected chi connectivity index (χ2v) is 6.51. The van der Waals surface area contributed by atoms with E-state index in [9.17, 15) is 5.11 Å². The first kappa shape index (κ1) is 18.1. The van der Waals surface area contributed by atoms with Crippen LogP contribution in [0, 0.1) is 0 Å². The molecule has 0 aliphatic carbocycles. The molecule has 1 aromatic rings. The molecule has 0 heterocycles. The summed E-state index contributed by atoms with van der Waals surface area (Å²) in [6.45, 7) is 9.03. The molecule has 120 valence electrons. The maximum Gasteiger partial charge on any atom is 0.165 e. The fourth-order valence-corrected chi connectivity index (χ4v) is 1.96. The Labute approximate surface area is 132 Å². The molecule has 0 bridgehead atoms. The van der Waals surface area contributed by atoms with Gasteiger partial charge < -0.3 is 19.9 Å². The Morgan fingerprint density at radius 1 is 1.33 bits per heavy atom. The summed E-state index contributed by atoms with van der Waals surface area (Å²) in [6, 6.07) is 3.58. The van der Waals surface area contributed by atoms with Gasteiger partial charge in [0.15, 0.2) is 11.5 Å². The van der Waals surface area contributed by atoms with E-state index in [1.165, 1.54) is 0 Å². The molecule has 1 unspecified atom stereocenters. The van der Waals surface area contributed by atoms with Gasteiger partial charge in [0.05, 0.1) is 13.2 Å². The highest BCUT2D eigenvalue weighted by atomic mass is 35.5. The maximum absolute atomic E-state index is 9.68. The van der Waals surface area contributed by atoms with Crippen molar-refractivity contribution >= 4 is 11.6 Å². The lowest BCUT2D eigenvalue weighted by Crippen LogP contribution is -2.35. The van der Waals surface area contributed by atoms with Crippen LogP contribution in [0.3, 0.4) is 0 Å². The van der Waals surface area contributed by atoms with Crippen molar-refractivity contribution in [1.29, 1.82) is 0 Å². The zero-order chi connectivity index (χ0) is 16.0. The molecular weight excluding hydrogens is 290 g/mol. The van der Waals surface area contributed by atoms with Gasteiger partial charge in [-0.05, 0) is 33.3 Å². The van der Waals surface area contributed by atoms with Crippen LogP contribution < -0.4 is 14.8 Å². The lowest BCUT2D eigenvalue weighted by molar-refractivity contribution is 0.102. The predicted molar refractivity (Wildman–Crippen MR) is 86.4 cm³/mol. The van der Waals surface area contributed by atoms with Gasteiger partial charge in [-0.1, -0.05) is 18.5 Å². The average Bonchev–Trinajstić information content (AvgIpc) is 2.41. The largest absolute Gasteiger partial charge is 0.493 e. The Balaban J connectivity index is 2.99. The van der Waals surface area contributed by atoms with Crippen molar-refractivity contribution in [3.05, 3.63) is 22.7 Å². The van der Waals surface area contributed by atoms with Crippen molar-refractivity contribution in [3.63, 3.8) is 0 Å². The topological polar surface area (TPSA) is 50.7 Å². The summed E-state index contributed by atoms with van der Waals surface area (Å²) in [5.74, 6) is 1.21. The Bertz CT molecular complexity index is 458. The van der Waals surface area contributed by atoms with Crippen LogP contribution in [0.2, 0.25) is 5.02 Å². The maximum atomic E-state index is 9.68. The first-order valence-corrected chi connectivity index (χ1v) is 7.57. The number of aliphatic hydroxyl groups excluding tert-OH is 1. The first-order valence-electron chi connectivity index (χ1n) is 7.19. The second-order valence-electron chi connectivity index (χ2n) is 6.07. The molecule has 5 heteroatoms. The Hall–Kier alpha value is -0.970. The highest BCUT2D eigenvalue weighted by Crippen LogP contribution is 2.35. The van der Waals surface area contributed by atoms with E-state index in [2.05, 4.69) is 26.1 Å². The van der Waals surface area contributed by atoms with Crippen molar-refractivity contribution in [2.24, 2.45) is 0 Å². The highest BCUT2D eigenvalue weighted by Gasteiger charge is 2.16. The molecule has 0 amide bonds. The molecule has 0 saturated heterocycles. The van der Waals surface area contributed by atoms with Crippen molar-refractivity contribution in [2.75, 3.05) is 13.7 Å². The monoisotopic (exact) mass is 315 g/mol. The number of hydrogen-bond donors (Lipinski definition) is 2. The molecule has 0 fully saturated rings. The third-order valence-electron chi connectivity index (χ3n) is 3.02. The van der Waals surface area contributed by atoms with Crippen molar-refractivity contribution in [1.82, 2.24) is 5.32 Å². The summed E-state index contributed by atoms with van der Waals surface area (Å²) in [6.07, 6.45) is 0.152.